The molecule has 6 heteroatoms. The van der Waals surface area contributed by atoms with E-state index < -0.39 is 0 Å². The highest BCUT2D eigenvalue weighted by atomic mass is 16.5. The van der Waals surface area contributed by atoms with Crippen LogP contribution in [0.25, 0.3) is 0 Å². The molecule has 1 aromatic carbocycles. The van der Waals surface area contributed by atoms with Crippen LogP contribution in [0.3, 0.4) is 0 Å². The number of urea groups is 1. The molecule has 3 fully saturated rings. The standard InChI is InChI=1S/C19H26N2O4/c1-12-16(23-2)7-13(8-17(12)24-3)20-18(22)21-11-19(5-4-6-19)14-9-25-10-15(14)21/h7-8,14-15H,4-6,9-11H2,1-3H3,(H,20,22)/t14-,15+/m0/s1. The molecule has 136 valence electrons. The number of anilines is 1. The van der Waals surface area contributed by atoms with Crippen molar-refractivity contribution < 1.29 is 19.0 Å². The van der Waals surface area contributed by atoms with Crippen LogP contribution in [0.5, 0.6) is 11.5 Å². The molecule has 1 saturated carbocycles. The molecule has 2 saturated heterocycles. The molecule has 2 atom stereocenters. The topological polar surface area (TPSA) is 60.0 Å². The predicted octanol–water partition coefficient (Wildman–Crippen LogP) is 3.05. The maximum Gasteiger partial charge on any atom is 0.322 e. The predicted molar refractivity (Wildman–Crippen MR) is 94.4 cm³/mol. The number of benzene rings is 1. The first-order valence-electron chi connectivity index (χ1n) is 8.96. The molecule has 6 nitrogen and oxygen atoms in total. The van der Waals surface area contributed by atoms with E-state index in [1.165, 1.54) is 19.3 Å². The van der Waals surface area contributed by atoms with Crippen molar-refractivity contribution in [3.05, 3.63) is 17.7 Å². The van der Waals surface area contributed by atoms with Gasteiger partial charge in [0.25, 0.3) is 0 Å². The molecule has 2 aliphatic heterocycles. The number of nitrogens with zero attached hydrogens (tertiary/aromatic N) is 1. The van der Waals surface area contributed by atoms with Gasteiger partial charge in [-0.25, -0.2) is 4.79 Å². The Hall–Kier alpha value is -1.95. The number of hydrogen-bond donors (Lipinski definition) is 1. The fraction of sp³-hybridized carbons (Fsp3) is 0.632. The maximum atomic E-state index is 12.9. The van der Waals surface area contributed by atoms with Crippen molar-refractivity contribution in [2.24, 2.45) is 11.3 Å². The summed E-state index contributed by atoms with van der Waals surface area (Å²) in [5.74, 6) is 1.90. The average molecular weight is 346 g/mol. The lowest BCUT2D eigenvalue weighted by atomic mass is 9.62. The molecule has 3 aliphatic rings. The monoisotopic (exact) mass is 346 g/mol. The molecule has 1 aromatic rings. The summed E-state index contributed by atoms with van der Waals surface area (Å²) in [6.07, 6.45) is 3.70. The van der Waals surface area contributed by atoms with Gasteiger partial charge in [-0.3, -0.25) is 0 Å². The van der Waals surface area contributed by atoms with Gasteiger partial charge in [-0.05, 0) is 25.2 Å². The number of hydrogen-bond acceptors (Lipinski definition) is 4. The highest BCUT2D eigenvalue weighted by molar-refractivity contribution is 5.90. The number of rotatable bonds is 3. The van der Waals surface area contributed by atoms with Crippen molar-refractivity contribution in [1.82, 2.24) is 4.90 Å². The Morgan fingerprint density at radius 3 is 2.48 bits per heavy atom. The maximum absolute atomic E-state index is 12.9. The van der Waals surface area contributed by atoms with Crippen molar-refractivity contribution in [3.8, 4) is 11.5 Å². The molecule has 2 amide bonds. The van der Waals surface area contributed by atoms with Gasteiger partial charge in [0.2, 0.25) is 0 Å². The molecule has 0 bridgehead atoms. The number of amides is 2. The Morgan fingerprint density at radius 1 is 1.24 bits per heavy atom. The van der Waals surface area contributed by atoms with Gasteiger partial charge in [-0.1, -0.05) is 6.42 Å². The first-order chi connectivity index (χ1) is 12.1. The molecule has 1 spiro atoms. The summed E-state index contributed by atoms with van der Waals surface area (Å²) >= 11 is 0. The molecule has 0 aromatic heterocycles. The van der Waals surface area contributed by atoms with Crippen LogP contribution in [0, 0.1) is 18.3 Å². The minimum absolute atomic E-state index is 0.0581. The fourth-order valence-corrected chi connectivity index (χ4v) is 4.74. The molecule has 1 aliphatic carbocycles. The molecule has 25 heavy (non-hydrogen) atoms. The van der Waals surface area contributed by atoms with Crippen LogP contribution in [0.4, 0.5) is 10.5 Å². The third-order valence-electron chi connectivity index (χ3n) is 6.34. The number of nitrogens with one attached hydrogen (secondary N) is 1. The van der Waals surface area contributed by atoms with E-state index >= 15 is 0 Å². The Labute approximate surface area is 148 Å². The van der Waals surface area contributed by atoms with E-state index in [0.717, 1.165) is 18.7 Å². The van der Waals surface area contributed by atoms with E-state index in [4.69, 9.17) is 14.2 Å². The molecule has 2 heterocycles. The second kappa shape index (κ2) is 6.09. The van der Waals surface area contributed by atoms with Crippen molar-refractivity contribution in [2.75, 3.05) is 39.3 Å². The quantitative estimate of drug-likeness (QED) is 0.914. The van der Waals surface area contributed by atoms with E-state index in [1.54, 1.807) is 14.2 Å². The van der Waals surface area contributed by atoms with E-state index in [1.807, 2.05) is 24.0 Å². The summed E-state index contributed by atoms with van der Waals surface area (Å²) in [6, 6.07) is 3.83. The number of likely N-dealkylation sites (tertiary alicyclic amines) is 1. The van der Waals surface area contributed by atoms with Crippen molar-refractivity contribution in [2.45, 2.75) is 32.2 Å². The van der Waals surface area contributed by atoms with Crippen molar-refractivity contribution in [3.63, 3.8) is 0 Å². The number of fused-ring (bicyclic) bond motifs is 2. The minimum Gasteiger partial charge on any atom is -0.496 e. The summed E-state index contributed by atoms with van der Waals surface area (Å²) in [5, 5.41) is 3.03. The number of carbonyl (C=O) groups excluding carboxylic acids is 1. The third-order valence-corrected chi connectivity index (χ3v) is 6.34. The van der Waals surface area contributed by atoms with Gasteiger partial charge < -0.3 is 24.4 Å². The molecule has 1 N–H and O–H groups in total. The Bertz CT molecular complexity index is 661. The smallest absolute Gasteiger partial charge is 0.322 e. The van der Waals surface area contributed by atoms with Crippen LogP contribution >= 0.6 is 0 Å². The summed E-state index contributed by atoms with van der Waals surface area (Å²) in [6.45, 7) is 4.23. The number of methoxy groups -OCH3 is 2. The molecule has 4 rings (SSSR count). The Balaban J connectivity index is 1.54. The molecule has 0 unspecified atom stereocenters. The van der Waals surface area contributed by atoms with Gasteiger partial charge in [0.05, 0.1) is 33.5 Å². The Kier molecular flexibility index (Phi) is 4.02. The lowest BCUT2D eigenvalue weighted by Gasteiger charge is -2.41. The van der Waals surface area contributed by atoms with Gasteiger partial charge >= 0.3 is 6.03 Å². The third kappa shape index (κ3) is 2.54. The van der Waals surface area contributed by atoms with E-state index in [9.17, 15) is 4.79 Å². The zero-order chi connectivity index (χ0) is 17.6. The second-order valence-electron chi connectivity index (χ2n) is 7.49. The minimum atomic E-state index is -0.0581. The van der Waals surface area contributed by atoms with Crippen LogP contribution in [-0.2, 0) is 4.74 Å². The number of carbonyl (C=O) groups is 1. The van der Waals surface area contributed by atoms with Crippen LogP contribution in [-0.4, -0.2) is 51.0 Å². The van der Waals surface area contributed by atoms with Gasteiger partial charge in [0, 0.05) is 35.8 Å². The zero-order valence-electron chi connectivity index (χ0n) is 15.1. The van der Waals surface area contributed by atoms with Gasteiger partial charge in [0.1, 0.15) is 11.5 Å². The summed E-state index contributed by atoms with van der Waals surface area (Å²) < 4.78 is 16.5. The van der Waals surface area contributed by atoms with E-state index in [2.05, 4.69) is 5.32 Å². The molecular formula is C19H26N2O4. The van der Waals surface area contributed by atoms with Crippen LogP contribution in [0.1, 0.15) is 24.8 Å². The van der Waals surface area contributed by atoms with Crippen molar-refractivity contribution >= 4 is 11.7 Å². The van der Waals surface area contributed by atoms with Gasteiger partial charge in [0.15, 0.2) is 0 Å². The average Bonchev–Trinajstić information content (AvgIpc) is 3.16. The highest BCUT2D eigenvalue weighted by Crippen LogP contribution is 2.55. The SMILES string of the molecule is COc1cc(NC(=O)N2CC3(CCC3)[C@H]3COC[C@H]32)cc(OC)c1C. The molecule has 0 radical (unpaired) electrons. The first kappa shape index (κ1) is 16.5. The van der Waals surface area contributed by atoms with Gasteiger partial charge in [-0.2, -0.15) is 0 Å². The van der Waals surface area contributed by atoms with E-state index in [-0.39, 0.29) is 12.1 Å². The largest absolute Gasteiger partial charge is 0.496 e. The van der Waals surface area contributed by atoms with Gasteiger partial charge in [-0.15, -0.1) is 0 Å². The van der Waals surface area contributed by atoms with Crippen LogP contribution in [0.2, 0.25) is 0 Å². The lowest BCUT2D eigenvalue weighted by Crippen LogP contribution is -2.41. The second-order valence-corrected chi connectivity index (χ2v) is 7.49. The van der Waals surface area contributed by atoms with Crippen LogP contribution < -0.4 is 14.8 Å². The lowest BCUT2D eigenvalue weighted by molar-refractivity contribution is 0.0567. The van der Waals surface area contributed by atoms with E-state index in [0.29, 0.717) is 35.1 Å². The Morgan fingerprint density at radius 2 is 1.92 bits per heavy atom. The summed E-state index contributed by atoms with van der Waals surface area (Å²) in [7, 11) is 3.24. The summed E-state index contributed by atoms with van der Waals surface area (Å²) in [5.41, 5.74) is 1.90. The molecular weight excluding hydrogens is 320 g/mol. The first-order valence-corrected chi connectivity index (χ1v) is 8.96. The summed E-state index contributed by atoms with van der Waals surface area (Å²) in [4.78, 5) is 14.9. The fourth-order valence-electron chi connectivity index (χ4n) is 4.74. The normalized spacial score (nSPS) is 26.3. The number of ether oxygens (including phenoxy) is 3. The van der Waals surface area contributed by atoms with Crippen LogP contribution in [0.15, 0.2) is 12.1 Å². The highest BCUT2D eigenvalue weighted by Gasteiger charge is 2.58. The zero-order valence-corrected chi connectivity index (χ0v) is 15.1. The van der Waals surface area contributed by atoms with Crippen molar-refractivity contribution in [1.29, 1.82) is 0 Å².